The molecule has 1 N–H and O–H groups in total. The molecular weight excluding hydrogens is 518 g/mol. The van der Waals surface area contributed by atoms with Crippen LogP contribution in [0.1, 0.15) is 59.8 Å². The predicted molar refractivity (Wildman–Crippen MR) is 151 cm³/mol. The average molecular weight is 550 g/mol. The summed E-state index contributed by atoms with van der Waals surface area (Å²) in [6.45, 7) is 8.24. The molecule has 0 unspecified atom stereocenters. The van der Waals surface area contributed by atoms with Crippen LogP contribution in [0.5, 0.6) is 0 Å². The van der Waals surface area contributed by atoms with Crippen molar-refractivity contribution >= 4 is 47.2 Å². The number of nitrogens with zero attached hydrogens (tertiary/aromatic N) is 1. The Bertz CT molecular complexity index is 1220. The third-order valence-electron chi connectivity index (χ3n) is 6.47. The van der Waals surface area contributed by atoms with Gasteiger partial charge in [-0.05, 0) is 71.2 Å². The van der Waals surface area contributed by atoms with Crippen LogP contribution in [0.4, 0.5) is 10.1 Å². The van der Waals surface area contributed by atoms with Crippen LogP contribution in [0.3, 0.4) is 0 Å². The quantitative estimate of drug-likeness (QED) is 0.337. The van der Waals surface area contributed by atoms with Gasteiger partial charge in [0.25, 0.3) is 5.91 Å². The van der Waals surface area contributed by atoms with Gasteiger partial charge in [-0.1, -0.05) is 74.3 Å². The molecule has 0 saturated carbocycles. The molecule has 4 rings (SSSR count). The van der Waals surface area contributed by atoms with Gasteiger partial charge in [0.15, 0.2) is 0 Å². The second-order valence-electron chi connectivity index (χ2n) is 10.2. The number of anilines is 1. The van der Waals surface area contributed by atoms with E-state index in [-0.39, 0.29) is 28.8 Å². The van der Waals surface area contributed by atoms with Crippen molar-refractivity contribution in [3.8, 4) is 0 Å². The first kappa shape index (κ1) is 28.3. The Labute approximate surface area is 229 Å². The molecule has 1 aliphatic rings. The van der Waals surface area contributed by atoms with Gasteiger partial charge in [0.2, 0.25) is 0 Å². The summed E-state index contributed by atoms with van der Waals surface area (Å²) in [6, 6.07) is 16.9. The lowest BCUT2D eigenvalue weighted by Gasteiger charge is -2.27. The van der Waals surface area contributed by atoms with Crippen molar-refractivity contribution < 1.29 is 9.18 Å². The highest BCUT2D eigenvalue weighted by molar-refractivity contribution is 6.31. The summed E-state index contributed by atoms with van der Waals surface area (Å²) in [6.07, 6.45) is 2.41. The van der Waals surface area contributed by atoms with Gasteiger partial charge >= 0.3 is 0 Å². The Morgan fingerprint density at radius 1 is 1.03 bits per heavy atom. The highest BCUT2D eigenvalue weighted by Crippen LogP contribution is 2.31. The minimum Gasteiger partial charge on any atom is -0.384 e. The largest absolute Gasteiger partial charge is 0.384 e. The lowest BCUT2D eigenvalue weighted by atomic mass is 9.87. The summed E-state index contributed by atoms with van der Waals surface area (Å²) in [4.78, 5) is 15.7. The fourth-order valence-corrected chi connectivity index (χ4v) is 4.80. The molecule has 0 aromatic heterocycles. The second-order valence-corrected chi connectivity index (χ2v) is 11.0. The van der Waals surface area contributed by atoms with Crippen molar-refractivity contribution in [3.63, 3.8) is 0 Å². The van der Waals surface area contributed by atoms with Gasteiger partial charge in [0.05, 0.1) is 16.3 Å². The van der Waals surface area contributed by atoms with Crippen LogP contribution in [0.15, 0.2) is 54.6 Å². The summed E-state index contributed by atoms with van der Waals surface area (Å²) >= 11 is 12.3. The molecule has 0 saturated heterocycles. The summed E-state index contributed by atoms with van der Waals surface area (Å²) in [5.41, 5.74) is 5.65. The van der Waals surface area contributed by atoms with E-state index < -0.39 is 5.82 Å². The van der Waals surface area contributed by atoms with Gasteiger partial charge in [0.1, 0.15) is 5.82 Å². The first-order valence-corrected chi connectivity index (χ1v) is 12.8. The summed E-state index contributed by atoms with van der Waals surface area (Å²) in [5, 5.41) is 4.05. The molecule has 0 aliphatic carbocycles. The van der Waals surface area contributed by atoms with Gasteiger partial charge in [-0.3, -0.25) is 4.79 Å². The Morgan fingerprint density at radius 3 is 2.39 bits per heavy atom. The fraction of sp³-hybridized carbons (Fsp3) is 0.345. The zero-order chi connectivity index (χ0) is 25.2. The number of aryl methyl sites for hydroxylation is 1. The first-order valence-electron chi connectivity index (χ1n) is 12.0. The van der Waals surface area contributed by atoms with Gasteiger partial charge in [-0.15, -0.1) is 12.4 Å². The molecule has 1 aliphatic heterocycles. The maximum absolute atomic E-state index is 14.0. The van der Waals surface area contributed by atoms with Crippen molar-refractivity contribution in [1.29, 1.82) is 0 Å². The van der Waals surface area contributed by atoms with Crippen LogP contribution in [0.2, 0.25) is 10.0 Å². The minimum absolute atomic E-state index is 0. The highest BCUT2D eigenvalue weighted by Gasteiger charge is 2.24. The van der Waals surface area contributed by atoms with E-state index in [9.17, 15) is 9.18 Å². The van der Waals surface area contributed by atoms with Gasteiger partial charge in [-0.2, -0.15) is 0 Å². The molecule has 0 spiro atoms. The Morgan fingerprint density at radius 2 is 1.72 bits per heavy atom. The second kappa shape index (κ2) is 11.9. The van der Waals surface area contributed by atoms with E-state index >= 15 is 0 Å². The number of rotatable bonds is 6. The smallest absolute Gasteiger partial charge is 0.256 e. The molecule has 0 atom stereocenters. The standard InChI is InChI=1S/C29H31Cl2FN2O.ClH/c1-29(2,3)22-9-6-20(7-10-22)18-34(14-12-19-8-11-25(31)26(32)15-19)28(35)24-17-23(30)16-21-5-4-13-33-27(21)24;/h6-11,15-17,33H,4-5,12-14,18H2,1-3H3;1H. The van der Waals surface area contributed by atoms with E-state index in [2.05, 4.69) is 50.4 Å². The van der Waals surface area contributed by atoms with Gasteiger partial charge in [-0.25, -0.2) is 4.39 Å². The van der Waals surface area contributed by atoms with E-state index in [4.69, 9.17) is 23.2 Å². The van der Waals surface area contributed by atoms with E-state index in [1.54, 1.807) is 18.2 Å². The number of carbonyl (C=O) groups is 1. The average Bonchev–Trinajstić information content (AvgIpc) is 2.82. The van der Waals surface area contributed by atoms with Crippen molar-refractivity contribution in [2.75, 3.05) is 18.4 Å². The SMILES string of the molecule is CC(C)(C)c1ccc(CN(CCc2ccc(Cl)c(F)c2)C(=O)c2cc(Cl)cc3c2NCCC3)cc1.Cl. The Hall–Kier alpha value is -2.27. The molecule has 7 heteroatoms. The van der Waals surface area contributed by atoms with E-state index in [1.165, 1.54) is 11.6 Å². The molecule has 1 amide bonds. The molecule has 3 aromatic rings. The number of amides is 1. The molecule has 192 valence electrons. The number of carbonyl (C=O) groups excluding carboxylic acids is 1. The molecule has 1 heterocycles. The summed E-state index contributed by atoms with van der Waals surface area (Å²) in [5.74, 6) is -0.541. The topological polar surface area (TPSA) is 32.3 Å². The molecule has 0 fully saturated rings. The lowest BCUT2D eigenvalue weighted by molar-refractivity contribution is 0.0746. The van der Waals surface area contributed by atoms with Crippen LogP contribution in [0, 0.1) is 5.82 Å². The maximum atomic E-state index is 14.0. The van der Waals surface area contributed by atoms with Gasteiger partial charge < -0.3 is 10.2 Å². The van der Waals surface area contributed by atoms with Crippen molar-refractivity contribution in [2.45, 2.75) is 52.0 Å². The molecular formula is C29H32Cl3FN2O. The highest BCUT2D eigenvalue weighted by atomic mass is 35.5. The van der Waals surface area contributed by atoms with E-state index in [1.807, 2.05) is 11.0 Å². The normalized spacial score (nSPS) is 12.8. The molecule has 36 heavy (non-hydrogen) atoms. The summed E-state index contributed by atoms with van der Waals surface area (Å²) < 4.78 is 14.0. The number of fused-ring (bicyclic) bond motifs is 1. The van der Waals surface area contributed by atoms with Crippen molar-refractivity contribution in [2.24, 2.45) is 0 Å². The van der Waals surface area contributed by atoms with Crippen LogP contribution < -0.4 is 5.32 Å². The van der Waals surface area contributed by atoms with Crippen LogP contribution in [-0.4, -0.2) is 23.9 Å². The van der Waals surface area contributed by atoms with E-state index in [0.29, 0.717) is 30.1 Å². The summed E-state index contributed by atoms with van der Waals surface area (Å²) in [7, 11) is 0. The number of nitrogens with one attached hydrogen (secondary N) is 1. The third-order valence-corrected chi connectivity index (χ3v) is 7.00. The molecule has 3 aromatic carbocycles. The lowest BCUT2D eigenvalue weighted by Crippen LogP contribution is -2.33. The van der Waals surface area contributed by atoms with Crippen molar-refractivity contribution in [1.82, 2.24) is 4.90 Å². The van der Waals surface area contributed by atoms with Crippen LogP contribution in [-0.2, 0) is 24.8 Å². The zero-order valence-electron chi connectivity index (χ0n) is 20.8. The number of hydrogen-bond donors (Lipinski definition) is 1. The molecule has 0 bridgehead atoms. The van der Waals surface area contributed by atoms with Crippen LogP contribution in [0.25, 0.3) is 0 Å². The van der Waals surface area contributed by atoms with Gasteiger partial charge in [0, 0.05) is 24.7 Å². The number of halogens is 4. The maximum Gasteiger partial charge on any atom is 0.256 e. The number of hydrogen-bond acceptors (Lipinski definition) is 2. The first-order chi connectivity index (χ1) is 16.6. The number of benzene rings is 3. The zero-order valence-corrected chi connectivity index (χ0v) is 23.2. The van der Waals surface area contributed by atoms with Crippen LogP contribution >= 0.6 is 35.6 Å². The van der Waals surface area contributed by atoms with E-state index in [0.717, 1.165) is 41.8 Å². The monoisotopic (exact) mass is 548 g/mol. The molecule has 3 nitrogen and oxygen atoms in total. The fourth-order valence-electron chi connectivity index (χ4n) is 4.44. The Balaban J connectivity index is 0.00000361. The van der Waals surface area contributed by atoms with Crippen molar-refractivity contribution in [3.05, 3.63) is 98.3 Å². The third kappa shape index (κ3) is 6.73. The molecule has 0 radical (unpaired) electrons. The predicted octanol–water partition coefficient (Wildman–Crippen LogP) is 8.10. The Kier molecular flexibility index (Phi) is 9.32. The minimum atomic E-state index is -0.451.